The minimum atomic E-state index is -0.166. The molecule has 0 aromatic heterocycles. The van der Waals surface area contributed by atoms with Crippen LogP contribution in [0.4, 0.5) is 0 Å². The summed E-state index contributed by atoms with van der Waals surface area (Å²) in [6, 6.07) is 4.52. The van der Waals surface area contributed by atoms with E-state index in [4.69, 9.17) is 11.6 Å². The van der Waals surface area contributed by atoms with Crippen molar-refractivity contribution >= 4 is 17.5 Å². The van der Waals surface area contributed by atoms with Crippen LogP contribution < -0.4 is 0 Å². The average molecular weight is 256 g/mol. The summed E-state index contributed by atoms with van der Waals surface area (Å²) in [4.78, 5) is 13.9. The molecule has 17 heavy (non-hydrogen) atoms. The molecule has 1 aromatic carbocycles. The summed E-state index contributed by atoms with van der Waals surface area (Å²) in [5.41, 5.74) is 0.274. The Kier molecular flexibility index (Phi) is 5.29. The number of unbranched alkanes of at least 4 members (excludes halogenated alkanes) is 1. The predicted molar refractivity (Wildman–Crippen MR) is 69.6 cm³/mol. The second-order valence-corrected chi connectivity index (χ2v) is 4.34. The summed E-state index contributed by atoms with van der Waals surface area (Å²) in [5.74, 6) is -0.185. The first-order valence-corrected chi connectivity index (χ1v) is 6.25. The van der Waals surface area contributed by atoms with Crippen LogP contribution in [0.15, 0.2) is 18.2 Å². The summed E-state index contributed by atoms with van der Waals surface area (Å²) >= 11 is 5.83. The molecule has 1 rings (SSSR count). The summed E-state index contributed by atoms with van der Waals surface area (Å²) in [5, 5.41) is 10.1. The number of halogens is 1. The molecule has 0 aliphatic rings. The molecular formula is C13H18ClNO2. The van der Waals surface area contributed by atoms with Gasteiger partial charge in [-0.25, -0.2) is 0 Å². The van der Waals surface area contributed by atoms with Gasteiger partial charge in [-0.2, -0.15) is 0 Å². The summed E-state index contributed by atoms with van der Waals surface area (Å²) in [6.07, 6.45) is 1.99. The summed E-state index contributed by atoms with van der Waals surface area (Å²) < 4.78 is 0. The molecule has 0 heterocycles. The molecule has 0 bridgehead atoms. The SMILES string of the molecule is CCCCN(CC)C(=O)c1cc(Cl)ccc1O. The first kappa shape index (κ1) is 13.8. The van der Waals surface area contributed by atoms with E-state index in [2.05, 4.69) is 6.92 Å². The van der Waals surface area contributed by atoms with E-state index in [1.165, 1.54) is 12.1 Å². The maximum absolute atomic E-state index is 12.2. The van der Waals surface area contributed by atoms with E-state index < -0.39 is 0 Å². The highest BCUT2D eigenvalue weighted by molar-refractivity contribution is 6.31. The van der Waals surface area contributed by atoms with Crippen molar-refractivity contribution in [1.29, 1.82) is 0 Å². The third kappa shape index (κ3) is 3.63. The highest BCUT2D eigenvalue weighted by Gasteiger charge is 2.17. The number of carbonyl (C=O) groups is 1. The van der Waals surface area contributed by atoms with Gasteiger partial charge in [0, 0.05) is 18.1 Å². The van der Waals surface area contributed by atoms with Gasteiger partial charge in [-0.05, 0) is 31.5 Å². The quantitative estimate of drug-likeness (QED) is 0.877. The second-order valence-electron chi connectivity index (χ2n) is 3.90. The van der Waals surface area contributed by atoms with Crippen LogP contribution >= 0.6 is 11.6 Å². The summed E-state index contributed by atoms with van der Waals surface area (Å²) in [6.45, 7) is 5.34. The zero-order valence-electron chi connectivity index (χ0n) is 10.2. The molecule has 0 fully saturated rings. The van der Waals surface area contributed by atoms with Gasteiger partial charge in [-0.3, -0.25) is 4.79 Å². The lowest BCUT2D eigenvalue weighted by atomic mass is 10.1. The van der Waals surface area contributed by atoms with Crippen LogP contribution in [0.25, 0.3) is 0 Å². The number of hydrogen-bond acceptors (Lipinski definition) is 2. The predicted octanol–water partition coefficient (Wildman–Crippen LogP) is 3.31. The Balaban J connectivity index is 2.89. The number of phenols is 1. The van der Waals surface area contributed by atoms with Gasteiger partial charge in [0.15, 0.2) is 0 Å². The van der Waals surface area contributed by atoms with Crippen LogP contribution in [0.1, 0.15) is 37.0 Å². The van der Waals surface area contributed by atoms with E-state index in [1.54, 1.807) is 11.0 Å². The van der Waals surface area contributed by atoms with E-state index >= 15 is 0 Å². The van der Waals surface area contributed by atoms with Crippen molar-refractivity contribution in [2.24, 2.45) is 0 Å². The number of phenolic OH excluding ortho intramolecular Hbond substituents is 1. The zero-order chi connectivity index (χ0) is 12.8. The van der Waals surface area contributed by atoms with E-state index in [0.717, 1.165) is 12.8 Å². The zero-order valence-corrected chi connectivity index (χ0v) is 11.0. The van der Waals surface area contributed by atoms with Crippen molar-refractivity contribution in [3.63, 3.8) is 0 Å². The minimum Gasteiger partial charge on any atom is -0.507 e. The molecule has 4 heteroatoms. The average Bonchev–Trinajstić information content (AvgIpc) is 2.33. The first-order chi connectivity index (χ1) is 8.10. The van der Waals surface area contributed by atoms with Crippen LogP contribution in [0.3, 0.4) is 0 Å². The Morgan fingerprint density at radius 2 is 2.12 bits per heavy atom. The van der Waals surface area contributed by atoms with Gasteiger partial charge < -0.3 is 10.0 Å². The van der Waals surface area contributed by atoms with Crippen LogP contribution in [0.2, 0.25) is 5.02 Å². The largest absolute Gasteiger partial charge is 0.507 e. The van der Waals surface area contributed by atoms with Gasteiger partial charge in [0.2, 0.25) is 0 Å². The van der Waals surface area contributed by atoms with Crippen molar-refractivity contribution in [3.05, 3.63) is 28.8 Å². The lowest BCUT2D eigenvalue weighted by Crippen LogP contribution is -2.31. The van der Waals surface area contributed by atoms with E-state index in [9.17, 15) is 9.90 Å². The summed E-state index contributed by atoms with van der Waals surface area (Å²) in [7, 11) is 0. The molecule has 0 atom stereocenters. The first-order valence-electron chi connectivity index (χ1n) is 5.88. The Bertz CT molecular complexity index is 393. The molecule has 0 saturated carbocycles. The molecule has 94 valence electrons. The molecule has 0 saturated heterocycles. The Morgan fingerprint density at radius 3 is 2.71 bits per heavy atom. The highest BCUT2D eigenvalue weighted by Crippen LogP contribution is 2.23. The van der Waals surface area contributed by atoms with Crippen LogP contribution in [-0.4, -0.2) is 29.0 Å². The standard InChI is InChI=1S/C13H18ClNO2/c1-3-5-8-15(4-2)13(17)11-9-10(14)6-7-12(11)16/h6-7,9,16H,3-5,8H2,1-2H3. The maximum atomic E-state index is 12.2. The molecule has 0 aliphatic heterocycles. The van der Waals surface area contributed by atoms with Crippen LogP contribution in [0.5, 0.6) is 5.75 Å². The van der Waals surface area contributed by atoms with Crippen LogP contribution in [-0.2, 0) is 0 Å². The van der Waals surface area contributed by atoms with Crippen LogP contribution in [0, 0.1) is 0 Å². The topological polar surface area (TPSA) is 40.5 Å². The number of nitrogens with zero attached hydrogens (tertiary/aromatic N) is 1. The molecular weight excluding hydrogens is 238 g/mol. The third-order valence-electron chi connectivity index (χ3n) is 2.64. The third-order valence-corrected chi connectivity index (χ3v) is 2.87. The number of carbonyl (C=O) groups excluding carboxylic acids is 1. The monoisotopic (exact) mass is 255 g/mol. The lowest BCUT2D eigenvalue weighted by Gasteiger charge is -2.21. The number of benzene rings is 1. The second kappa shape index (κ2) is 6.50. The van der Waals surface area contributed by atoms with Crippen molar-refractivity contribution < 1.29 is 9.90 Å². The fourth-order valence-electron chi connectivity index (χ4n) is 1.60. The molecule has 0 radical (unpaired) electrons. The van der Waals surface area contributed by atoms with Gasteiger partial charge in [-0.15, -0.1) is 0 Å². The Morgan fingerprint density at radius 1 is 1.41 bits per heavy atom. The molecule has 1 N–H and O–H groups in total. The van der Waals surface area contributed by atoms with Gasteiger partial charge in [0.25, 0.3) is 5.91 Å². The van der Waals surface area contributed by atoms with E-state index in [0.29, 0.717) is 18.1 Å². The van der Waals surface area contributed by atoms with Crippen molar-refractivity contribution in [2.45, 2.75) is 26.7 Å². The fraction of sp³-hybridized carbons (Fsp3) is 0.462. The molecule has 0 unspecified atom stereocenters. The number of rotatable bonds is 5. The highest BCUT2D eigenvalue weighted by atomic mass is 35.5. The van der Waals surface area contributed by atoms with Gasteiger partial charge >= 0.3 is 0 Å². The number of hydrogen-bond donors (Lipinski definition) is 1. The molecule has 0 aliphatic carbocycles. The molecule has 0 spiro atoms. The van der Waals surface area contributed by atoms with E-state index in [1.807, 2.05) is 6.92 Å². The van der Waals surface area contributed by atoms with Crippen molar-refractivity contribution in [2.75, 3.05) is 13.1 Å². The van der Waals surface area contributed by atoms with Gasteiger partial charge in [0.1, 0.15) is 5.75 Å². The Labute approximate surface area is 107 Å². The van der Waals surface area contributed by atoms with Gasteiger partial charge in [0.05, 0.1) is 5.56 Å². The number of amides is 1. The normalized spacial score (nSPS) is 10.3. The minimum absolute atomic E-state index is 0.0191. The smallest absolute Gasteiger partial charge is 0.257 e. The molecule has 1 amide bonds. The van der Waals surface area contributed by atoms with Crippen molar-refractivity contribution in [3.8, 4) is 5.75 Å². The maximum Gasteiger partial charge on any atom is 0.257 e. The van der Waals surface area contributed by atoms with Crippen molar-refractivity contribution in [1.82, 2.24) is 4.90 Å². The van der Waals surface area contributed by atoms with Gasteiger partial charge in [-0.1, -0.05) is 24.9 Å². The van der Waals surface area contributed by atoms with E-state index in [-0.39, 0.29) is 17.2 Å². The Hall–Kier alpha value is -1.22. The lowest BCUT2D eigenvalue weighted by molar-refractivity contribution is 0.0759. The fourth-order valence-corrected chi connectivity index (χ4v) is 1.77. The number of aromatic hydroxyl groups is 1. The molecule has 1 aromatic rings. The molecule has 3 nitrogen and oxygen atoms in total.